The normalized spacial score (nSPS) is 13.8. The van der Waals surface area contributed by atoms with Gasteiger partial charge in [0.15, 0.2) is 11.5 Å². The number of hydrogen-bond donors (Lipinski definition) is 5. The summed E-state index contributed by atoms with van der Waals surface area (Å²) < 4.78 is 7.19. The molecule has 0 saturated carbocycles. The Morgan fingerprint density at radius 3 is 2.31 bits per heavy atom. The average Bonchev–Trinajstić information content (AvgIpc) is 3.35. The van der Waals surface area contributed by atoms with Gasteiger partial charge >= 0.3 is 11.7 Å². The van der Waals surface area contributed by atoms with Crippen molar-refractivity contribution in [3.8, 4) is 6.01 Å². The van der Waals surface area contributed by atoms with Gasteiger partial charge in [0.25, 0.3) is 0 Å². The van der Waals surface area contributed by atoms with Gasteiger partial charge in [-0.25, -0.2) is 4.79 Å². The van der Waals surface area contributed by atoms with Gasteiger partial charge in [-0.1, -0.05) is 55.3 Å². The van der Waals surface area contributed by atoms with Gasteiger partial charge in [-0.05, 0) is 74.9 Å². The summed E-state index contributed by atoms with van der Waals surface area (Å²) in [6, 6.07) is 16.3. The van der Waals surface area contributed by atoms with Gasteiger partial charge in [-0.15, -0.1) is 0 Å². The maximum Gasteiger partial charge on any atom is 0.328 e. The summed E-state index contributed by atoms with van der Waals surface area (Å²) in [7, 11) is 0. The number of amides is 1. The molecule has 1 fully saturated rings. The lowest BCUT2D eigenvalue weighted by Crippen LogP contribution is -2.36. The number of anilines is 2. The first-order chi connectivity index (χ1) is 21.7. The fourth-order valence-corrected chi connectivity index (χ4v) is 5.23. The largest absolute Gasteiger partial charge is 0.463 e. The maximum atomic E-state index is 12.6. The number of carbonyl (C=O) groups excluding carboxylic acids is 1. The molecule has 5 rings (SSSR count). The summed E-state index contributed by atoms with van der Waals surface area (Å²) in [5.41, 5.74) is 21.7. The number of nitrogens with two attached hydrogens (primary N) is 3. The second-order valence-corrected chi connectivity index (χ2v) is 11.6. The first-order valence-corrected chi connectivity index (χ1v) is 15.7. The van der Waals surface area contributed by atoms with Crippen LogP contribution < -0.4 is 32.9 Å². The van der Waals surface area contributed by atoms with Crippen LogP contribution in [0, 0.1) is 12.8 Å². The molecule has 3 heterocycles. The molecule has 1 saturated heterocycles. The first-order valence-electron chi connectivity index (χ1n) is 15.7. The molecule has 8 N–H and O–H groups in total. The van der Waals surface area contributed by atoms with E-state index in [0.717, 1.165) is 63.0 Å². The summed E-state index contributed by atoms with van der Waals surface area (Å²) in [5.74, 6) is 0.752. The van der Waals surface area contributed by atoms with Gasteiger partial charge in [0.1, 0.15) is 5.52 Å². The molecule has 4 aromatic rings. The van der Waals surface area contributed by atoms with E-state index in [4.69, 9.17) is 21.9 Å². The Kier molecular flexibility index (Phi) is 12.3. The van der Waals surface area contributed by atoms with E-state index in [-0.39, 0.29) is 30.0 Å². The van der Waals surface area contributed by atoms with E-state index in [1.807, 2.05) is 31.2 Å². The fraction of sp³-hybridized carbons (Fsp3) is 0.455. The van der Waals surface area contributed by atoms with Crippen molar-refractivity contribution in [3.05, 3.63) is 75.7 Å². The van der Waals surface area contributed by atoms with E-state index >= 15 is 0 Å². The number of piperidine rings is 1. The zero-order valence-corrected chi connectivity index (χ0v) is 26.4. The van der Waals surface area contributed by atoms with Crippen LogP contribution >= 0.6 is 0 Å². The topological polar surface area (TPSA) is 183 Å². The molecular weight excluding hydrogens is 570 g/mol. The predicted molar refractivity (Wildman–Crippen MR) is 179 cm³/mol. The third-order valence-corrected chi connectivity index (χ3v) is 7.97. The summed E-state index contributed by atoms with van der Waals surface area (Å²) in [5, 5.41) is 2.86. The first kappa shape index (κ1) is 33.5. The number of fused-ring (bicyclic) bond motifs is 1. The molecule has 2 aromatic heterocycles. The minimum Gasteiger partial charge on any atom is -0.463 e. The maximum absolute atomic E-state index is 12.6. The summed E-state index contributed by atoms with van der Waals surface area (Å²) in [6.45, 7) is 8.73. The molecule has 0 unspecified atom stereocenters. The Labute approximate surface area is 264 Å². The van der Waals surface area contributed by atoms with Crippen LogP contribution in [-0.4, -0.2) is 63.1 Å². The molecule has 1 aliphatic heterocycles. The van der Waals surface area contributed by atoms with E-state index < -0.39 is 0 Å². The number of aromatic nitrogens is 4. The van der Waals surface area contributed by atoms with Crippen molar-refractivity contribution >= 4 is 28.6 Å². The highest BCUT2D eigenvalue weighted by Gasteiger charge is 2.19. The van der Waals surface area contributed by atoms with Gasteiger partial charge in [-0.3, -0.25) is 14.3 Å². The van der Waals surface area contributed by atoms with E-state index in [9.17, 15) is 9.59 Å². The zero-order chi connectivity index (χ0) is 32.2. The van der Waals surface area contributed by atoms with Crippen molar-refractivity contribution in [2.45, 2.75) is 59.0 Å². The molecular formula is C33H47N9O3. The molecule has 0 aliphatic carbocycles. The van der Waals surface area contributed by atoms with Crippen LogP contribution in [0.1, 0.15) is 55.7 Å². The number of carbonyl (C=O) groups is 1. The van der Waals surface area contributed by atoms with E-state index in [1.54, 1.807) is 4.57 Å². The second-order valence-electron chi connectivity index (χ2n) is 11.6. The molecule has 12 nitrogen and oxygen atoms in total. The minimum absolute atomic E-state index is 0.0494. The summed E-state index contributed by atoms with van der Waals surface area (Å²) in [6.07, 6.45) is 5.16. The number of aromatic amines is 1. The average molecular weight is 618 g/mol. The fourth-order valence-electron chi connectivity index (χ4n) is 5.23. The Hall–Kier alpha value is -4.42. The number of nitrogen functional groups attached to an aromatic ring is 2. The number of benzene rings is 2. The highest BCUT2D eigenvalue weighted by Crippen LogP contribution is 2.22. The molecule has 12 heteroatoms. The highest BCUT2D eigenvalue weighted by atomic mass is 16.5. The monoisotopic (exact) mass is 617 g/mol. The number of unbranched alkanes of at least 4 members (excludes halogenated alkanes) is 1. The van der Waals surface area contributed by atoms with Crippen molar-refractivity contribution in [1.29, 1.82) is 0 Å². The number of likely N-dealkylation sites (tertiary alicyclic amines) is 1. The minimum atomic E-state index is -0.281. The van der Waals surface area contributed by atoms with Crippen molar-refractivity contribution in [2.75, 3.05) is 44.3 Å². The van der Waals surface area contributed by atoms with Crippen LogP contribution in [0.5, 0.6) is 6.01 Å². The highest BCUT2D eigenvalue weighted by molar-refractivity contribution is 5.82. The molecule has 0 radical (unpaired) electrons. The lowest BCUT2D eigenvalue weighted by atomic mass is 9.93. The number of rotatable bonds is 12. The second kappa shape index (κ2) is 16.6. The SMILES string of the molecule is CCCCOc1nc(N)c2[nH]c(=O)n(Cc3ccc(CN4CCC(CCNC(=O)CN)CC4)cc3)c2n1.Cc1ccc(N)cc1. The molecule has 0 spiro atoms. The molecule has 0 atom stereocenters. The zero-order valence-electron chi connectivity index (χ0n) is 26.4. The van der Waals surface area contributed by atoms with Crippen LogP contribution in [0.4, 0.5) is 11.5 Å². The summed E-state index contributed by atoms with van der Waals surface area (Å²) in [4.78, 5) is 37.8. The van der Waals surface area contributed by atoms with E-state index in [1.165, 1.54) is 11.1 Å². The number of nitrogens with one attached hydrogen (secondary N) is 2. The van der Waals surface area contributed by atoms with E-state index in [2.05, 4.69) is 56.4 Å². The molecule has 1 aliphatic rings. The van der Waals surface area contributed by atoms with Gasteiger partial charge in [-0.2, -0.15) is 9.97 Å². The standard InChI is InChI=1S/C26H38N8O3.C7H9N/c1-2-3-14-37-25-31-23(28)22-24(32-25)34(26(36)30-22)17-20-6-4-19(5-7-20)16-33-12-9-18(10-13-33)8-11-29-21(35)15-27;1-6-2-4-7(8)5-3-6/h4-7,18H,2-3,8-17,27H2,1H3,(H,29,35)(H,30,36)(H2,28,31,32);2-5H,8H2,1H3. The lowest BCUT2D eigenvalue weighted by Gasteiger charge is -2.32. The van der Waals surface area contributed by atoms with Crippen LogP contribution in [0.25, 0.3) is 11.2 Å². The predicted octanol–water partition coefficient (Wildman–Crippen LogP) is 3.18. The van der Waals surface area contributed by atoms with Crippen molar-refractivity contribution in [3.63, 3.8) is 0 Å². The molecule has 2 aromatic carbocycles. The number of ether oxygens (including phenoxy) is 1. The Bertz CT molecular complexity index is 1540. The molecule has 242 valence electrons. The van der Waals surface area contributed by atoms with Crippen molar-refractivity contribution in [1.82, 2.24) is 29.7 Å². The Balaban J connectivity index is 0.000000501. The third kappa shape index (κ3) is 10.0. The van der Waals surface area contributed by atoms with Crippen LogP contribution in [0.3, 0.4) is 0 Å². The Morgan fingerprint density at radius 2 is 1.69 bits per heavy atom. The lowest BCUT2D eigenvalue weighted by molar-refractivity contribution is -0.119. The smallest absolute Gasteiger partial charge is 0.328 e. The van der Waals surface area contributed by atoms with Crippen LogP contribution in [0.15, 0.2) is 53.3 Å². The van der Waals surface area contributed by atoms with Gasteiger partial charge < -0.3 is 32.2 Å². The van der Waals surface area contributed by atoms with Gasteiger partial charge in [0.2, 0.25) is 5.91 Å². The number of nitrogens with zero attached hydrogens (tertiary/aromatic N) is 4. The molecule has 0 bridgehead atoms. The number of hydrogen-bond acceptors (Lipinski definition) is 9. The van der Waals surface area contributed by atoms with Gasteiger partial charge in [0, 0.05) is 18.8 Å². The number of aryl methyl sites for hydroxylation is 1. The van der Waals surface area contributed by atoms with E-state index in [0.29, 0.717) is 36.8 Å². The molecule has 45 heavy (non-hydrogen) atoms. The van der Waals surface area contributed by atoms with Crippen molar-refractivity contribution in [2.24, 2.45) is 11.7 Å². The third-order valence-electron chi connectivity index (χ3n) is 7.97. The number of imidazole rings is 1. The summed E-state index contributed by atoms with van der Waals surface area (Å²) >= 11 is 0. The quantitative estimate of drug-likeness (QED) is 0.118. The van der Waals surface area contributed by atoms with Crippen LogP contribution in [-0.2, 0) is 17.9 Å². The van der Waals surface area contributed by atoms with Gasteiger partial charge in [0.05, 0.1) is 19.7 Å². The molecule has 1 amide bonds. The van der Waals surface area contributed by atoms with Crippen molar-refractivity contribution < 1.29 is 9.53 Å². The Morgan fingerprint density at radius 1 is 1.02 bits per heavy atom. The number of H-pyrrole nitrogens is 1. The van der Waals surface area contributed by atoms with Crippen LogP contribution in [0.2, 0.25) is 0 Å².